The van der Waals surface area contributed by atoms with Crippen LogP contribution in [0.3, 0.4) is 0 Å². The number of nitrogens with zero attached hydrogens (tertiary/aromatic N) is 1. The lowest BCUT2D eigenvalue weighted by Crippen LogP contribution is -2.31. The van der Waals surface area contributed by atoms with Crippen molar-refractivity contribution in [1.82, 2.24) is 5.06 Å². The number of nitrogens with two attached hydrogens (primary N) is 1. The van der Waals surface area contributed by atoms with E-state index in [0.29, 0.717) is 13.2 Å². The fraction of sp³-hybridized carbons (Fsp3) is 0.455. The van der Waals surface area contributed by atoms with E-state index in [0.717, 1.165) is 18.5 Å². The van der Waals surface area contributed by atoms with Gasteiger partial charge in [-0.2, -0.15) is 10.2 Å². The molecule has 0 saturated carbocycles. The molecule has 1 aliphatic heterocycles. The van der Waals surface area contributed by atoms with Crippen LogP contribution in [0.1, 0.15) is 12.0 Å². The Hall–Kier alpha value is -0.590. The minimum atomic E-state index is -1.23. The van der Waals surface area contributed by atoms with Crippen molar-refractivity contribution in [3.63, 3.8) is 0 Å². The standard InChI is InChI=1S/C11H16N2O2S/c12-16(14)11-6-7-13(8-11)15-9-10-4-2-1-3-5-10/h1-5,11H,6-9,12H2. The molecule has 88 valence electrons. The molecule has 0 spiro atoms. The van der Waals surface area contributed by atoms with Crippen molar-refractivity contribution in [3.05, 3.63) is 35.9 Å². The second-order valence-electron chi connectivity index (χ2n) is 3.89. The van der Waals surface area contributed by atoms with Gasteiger partial charge in [-0.3, -0.25) is 4.84 Å². The molecular weight excluding hydrogens is 224 g/mol. The first-order chi connectivity index (χ1) is 7.75. The topological polar surface area (TPSA) is 61.5 Å². The van der Waals surface area contributed by atoms with E-state index < -0.39 is 11.4 Å². The summed E-state index contributed by atoms with van der Waals surface area (Å²) < 4.78 is 11.1. The van der Waals surface area contributed by atoms with Gasteiger partial charge in [-0.25, -0.2) is 0 Å². The molecule has 5 heteroatoms. The fourth-order valence-electron chi connectivity index (χ4n) is 1.74. The molecule has 1 aromatic rings. The highest BCUT2D eigenvalue weighted by Gasteiger charge is 2.30. The quantitative estimate of drug-likeness (QED) is 0.791. The molecule has 1 heterocycles. The minimum absolute atomic E-state index is 0.0516. The van der Waals surface area contributed by atoms with Gasteiger partial charge in [0.15, 0.2) is 5.25 Å². The Balaban J connectivity index is 1.76. The van der Waals surface area contributed by atoms with Crippen LogP contribution in [0.15, 0.2) is 30.3 Å². The lowest BCUT2D eigenvalue weighted by atomic mass is 10.2. The molecule has 1 aromatic carbocycles. The van der Waals surface area contributed by atoms with Crippen LogP contribution in [0.4, 0.5) is 0 Å². The summed E-state index contributed by atoms with van der Waals surface area (Å²) in [5.74, 6) is 0. The zero-order valence-electron chi connectivity index (χ0n) is 9.04. The van der Waals surface area contributed by atoms with E-state index in [1.807, 2.05) is 35.4 Å². The van der Waals surface area contributed by atoms with Gasteiger partial charge in [-0.15, -0.1) is 0 Å². The molecular formula is C11H16N2O2S. The first kappa shape index (κ1) is 11.9. The smallest absolute Gasteiger partial charge is 0.151 e. The Morgan fingerprint density at radius 3 is 2.81 bits per heavy atom. The largest absolute Gasteiger partial charge is 0.598 e. The molecule has 0 radical (unpaired) electrons. The summed E-state index contributed by atoms with van der Waals surface area (Å²) >= 11 is -1.23. The van der Waals surface area contributed by atoms with Crippen molar-refractivity contribution in [2.75, 3.05) is 13.1 Å². The van der Waals surface area contributed by atoms with Gasteiger partial charge in [-0.1, -0.05) is 30.3 Å². The van der Waals surface area contributed by atoms with Gasteiger partial charge in [0.25, 0.3) is 0 Å². The Labute approximate surface area is 98.6 Å². The number of benzene rings is 1. The summed E-state index contributed by atoms with van der Waals surface area (Å²) in [5.41, 5.74) is 1.14. The lowest BCUT2D eigenvalue weighted by molar-refractivity contribution is -0.153. The molecule has 4 nitrogen and oxygen atoms in total. The second kappa shape index (κ2) is 5.65. The van der Waals surface area contributed by atoms with Crippen molar-refractivity contribution in [2.24, 2.45) is 5.14 Å². The average molecular weight is 240 g/mol. The molecule has 2 rings (SSSR count). The Morgan fingerprint density at radius 1 is 1.44 bits per heavy atom. The third kappa shape index (κ3) is 3.20. The number of rotatable bonds is 4. The van der Waals surface area contributed by atoms with E-state index in [-0.39, 0.29) is 5.25 Å². The van der Waals surface area contributed by atoms with Crippen molar-refractivity contribution in [3.8, 4) is 0 Å². The van der Waals surface area contributed by atoms with Crippen LogP contribution in [0.25, 0.3) is 0 Å². The lowest BCUT2D eigenvalue weighted by Gasteiger charge is -2.15. The van der Waals surface area contributed by atoms with Crippen LogP contribution in [-0.2, 0) is 22.8 Å². The molecule has 0 amide bonds. The van der Waals surface area contributed by atoms with E-state index >= 15 is 0 Å². The van der Waals surface area contributed by atoms with Crippen molar-refractivity contribution < 1.29 is 9.39 Å². The first-order valence-electron chi connectivity index (χ1n) is 5.32. The van der Waals surface area contributed by atoms with Crippen molar-refractivity contribution in [2.45, 2.75) is 18.3 Å². The molecule has 0 bridgehead atoms. The van der Waals surface area contributed by atoms with Gasteiger partial charge in [0.1, 0.15) is 0 Å². The first-order valence-corrected chi connectivity index (χ1v) is 6.60. The Bertz CT molecular complexity index is 321. The summed E-state index contributed by atoms with van der Waals surface area (Å²) in [4.78, 5) is 5.61. The van der Waals surface area contributed by atoms with Crippen LogP contribution in [0.5, 0.6) is 0 Å². The van der Waals surface area contributed by atoms with Gasteiger partial charge in [0.2, 0.25) is 0 Å². The van der Waals surface area contributed by atoms with Crippen LogP contribution >= 0.6 is 0 Å². The maximum atomic E-state index is 11.1. The van der Waals surface area contributed by atoms with Gasteiger partial charge in [0.05, 0.1) is 13.2 Å². The predicted octanol–water partition coefficient (Wildman–Crippen LogP) is 0.815. The van der Waals surface area contributed by atoms with E-state index in [9.17, 15) is 4.55 Å². The van der Waals surface area contributed by atoms with Gasteiger partial charge >= 0.3 is 0 Å². The summed E-state index contributed by atoms with van der Waals surface area (Å²) in [6.07, 6.45) is 0.845. The zero-order valence-corrected chi connectivity index (χ0v) is 9.86. The number of hydroxylamine groups is 2. The number of hydrogen-bond acceptors (Lipinski definition) is 4. The molecule has 0 aromatic heterocycles. The summed E-state index contributed by atoms with van der Waals surface area (Å²) in [5, 5.41) is 7.26. The normalized spacial score (nSPS) is 23.5. The second-order valence-corrected chi connectivity index (χ2v) is 5.21. The maximum absolute atomic E-state index is 11.1. The minimum Gasteiger partial charge on any atom is -0.598 e. The predicted molar refractivity (Wildman–Crippen MR) is 63.5 cm³/mol. The van der Waals surface area contributed by atoms with Crippen LogP contribution < -0.4 is 5.14 Å². The summed E-state index contributed by atoms with van der Waals surface area (Å²) in [6, 6.07) is 10.00. The number of hydrogen-bond donors (Lipinski definition) is 1. The summed E-state index contributed by atoms with van der Waals surface area (Å²) in [7, 11) is 0. The van der Waals surface area contributed by atoms with Gasteiger partial charge in [0, 0.05) is 24.3 Å². The highest BCUT2D eigenvalue weighted by Crippen LogP contribution is 2.16. The molecule has 2 N–H and O–H groups in total. The molecule has 2 atom stereocenters. The molecule has 0 aliphatic carbocycles. The van der Waals surface area contributed by atoms with E-state index in [1.54, 1.807) is 0 Å². The zero-order chi connectivity index (χ0) is 11.4. The third-order valence-electron chi connectivity index (χ3n) is 2.69. The average Bonchev–Trinajstić information content (AvgIpc) is 2.76. The summed E-state index contributed by atoms with van der Waals surface area (Å²) in [6.45, 7) is 2.03. The molecule has 1 saturated heterocycles. The molecule has 2 unspecified atom stereocenters. The fourth-order valence-corrected chi connectivity index (χ4v) is 2.40. The van der Waals surface area contributed by atoms with Crippen LogP contribution in [0, 0.1) is 0 Å². The van der Waals surface area contributed by atoms with Gasteiger partial charge in [-0.05, 0) is 5.56 Å². The highest BCUT2D eigenvalue weighted by molar-refractivity contribution is 7.89. The van der Waals surface area contributed by atoms with Crippen LogP contribution in [0.2, 0.25) is 0 Å². The van der Waals surface area contributed by atoms with Crippen LogP contribution in [-0.4, -0.2) is 28.0 Å². The highest BCUT2D eigenvalue weighted by atomic mass is 32.2. The SMILES string of the molecule is N[S+]([O-])C1CCN(OCc2ccccc2)C1. The molecule has 1 aliphatic rings. The van der Waals surface area contributed by atoms with E-state index in [1.165, 1.54) is 0 Å². The molecule has 16 heavy (non-hydrogen) atoms. The monoisotopic (exact) mass is 240 g/mol. The maximum Gasteiger partial charge on any atom is 0.151 e. The Morgan fingerprint density at radius 2 is 2.19 bits per heavy atom. The molecule has 1 fully saturated rings. The Kier molecular flexibility index (Phi) is 4.20. The van der Waals surface area contributed by atoms with E-state index in [4.69, 9.17) is 9.98 Å². The van der Waals surface area contributed by atoms with E-state index in [2.05, 4.69) is 0 Å². The van der Waals surface area contributed by atoms with Crippen molar-refractivity contribution in [1.29, 1.82) is 0 Å². The van der Waals surface area contributed by atoms with Gasteiger partial charge < -0.3 is 4.55 Å². The third-order valence-corrected chi connectivity index (χ3v) is 3.73. The van der Waals surface area contributed by atoms with Crippen molar-refractivity contribution >= 4 is 11.4 Å².